The minimum absolute atomic E-state index is 0.167. The Hall–Kier alpha value is -2.28. The van der Waals surface area contributed by atoms with E-state index in [1.807, 2.05) is 30.3 Å². The fraction of sp³-hybridized carbons (Fsp3) is 0.0769. The third-order valence-electron chi connectivity index (χ3n) is 2.86. The summed E-state index contributed by atoms with van der Waals surface area (Å²) in [5.74, 6) is 0.280. The number of carbonyl (C=O) groups excluding carboxylic acids is 1. The molecule has 3 aromatic rings. The largest absolute Gasteiger partial charge is 0.345 e. The molecule has 0 fully saturated rings. The zero-order chi connectivity index (χ0) is 13.9. The predicted octanol–water partition coefficient (Wildman–Crippen LogP) is 2.05. The van der Waals surface area contributed by atoms with Crippen LogP contribution in [0.25, 0.3) is 10.8 Å². The number of H-pyrrole nitrogens is 1. The highest BCUT2D eigenvalue weighted by Gasteiger charge is 2.07. The molecule has 0 spiro atoms. The summed E-state index contributed by atoms with van der Waals surface area (Å²) in [7, 11) is 0. The molecule has 1 aromatic heterocycles. The van der Waals surface area contributed by atoms with Crippen molar-refractivity contribution in [2.24, 2.45) is 0 Å². The first-order chi connectivity index (χ1) is 9.72. The van der Waals surface area contributed by atoms with Crippen LogP contribution in [-0.4, -0.2) is 26.5 Å². The van der Waals surface area contributed by atoms with E-state index >= 15 is 0 Å². The number of benzene rings is 2. The van der Waals surface area contributed by atoms with Crippen LogP contribution in [0.2, 0.25) is 0 Å². The quantitative estimate of drug-likeness (QED) is 0.769. The average Bonchev–Trinajstić information content (AvgIpc) is 2.97. The van der Waals surface area contributed by atoms with Crippen molar-refractivity contribution in [3.05, 3.63) is 52.3 Å². The molecular weight excluding hydrogens is 322 g/mol. The lowest BCUT2D eigenvalue weighted by Crippen LogP contribution is -2.23. The lowest BCUT2D eigenvalue weighted by molar-refractivity contribution is 0.0950. The monoisotopic (exact) mass is 331 g/mol. The van der Waals surface area contributed by atoms with Gasteiger partial charge in [0, 0.05) is 10.0 Å². The lowest BCUT2D eigenvalue weighted by atomic mass is 10.1. The van der Waals surface area contributed by atoms with Crippen LogP contribution in [0.4, 0.5) is 0 Å². The van der Waals surface area contributed by atoms with E-state index in [-0.39, 0.29) is 12.5 Å². The van der Waals surface area contributed by atoms with Gasteiger partial charge in [0.2, 0.25) is 0 Å². The topological polar surface area (TPSA) is 83.6 Å². The van der Waals surface area contributed by atoms with Crippen molar-refractivity contribution in [2.75, 3.05) is 0 Å². The maximum atomic E-state index is 12.0. The number of fused-ring (bicyclic) bond motifs is 1. The Kier molecular flexibility index (Phi) is 3.42. The number of hydrogen-bond donors (Lipinski definition) is 2. The van der Waals surface area contributed by atoms with E-state index in [1.165, 1.54) is 0 Å². The molecule has 20 heavy (non-hydrogen) atoms. The van der Waals surface area contributed by atoms with Gasteiger partial charge in [0.15, 0.2) is 5.82 Å². The van der Waals surface area contributed by atoms with Gasteiger partial charge in [-0.1, -0.05) is 33.3 Å². The molecule has 1 heterocycles. The third-order valence-corrected chi connectivity index (χ3v) is 3.35. The Balaban J connectivity index is 1.79. The molecule has 0 saturated heterocycles. The van der Waals surface area contributed by atoms with Gasteiger partial charge in [-0.2, -0.15) is 5.21 Å². The van der Waals surface area contributed by atoms with Crippen LogP contribution < -0.4 is 5.32 Å². The van der Waals surface area contributed by atoms with Crippen LogP contribution >= 0.6 is 15.9 Å². The van der Waals surface area contributed by atoms with E-state index in [1.54, 1.807) is 6.07 Å². The van der Waals surface area contributed by atoms with Gasteiger partial charge in [-0.15, -0.1) is 10.2 Å². The van der Waals surface area contributed by atoms with E-state index in [2.05, 4.69) is 41.9 Å². The number of aromatic nitrogens is 4. The van der Waals surface area contributed by atoms with Gasteiger partial charge in [0.25, 0.3) is 5.91 Å². The number of rotatable bonds is 3. The Morgan fingerprint density at radius 3 is 2.80 bits per heavy atom. The zero-order valence-electron chi connectivity index (χ0n) is 10.3. The fourth-order valence-corrected chi connectivity index (χ4v) is 2.26. The second-order valence-corrected chi connectivity index (χ2v) is 5.13. The Morgan fingerprint density at radius 1 is 1.20 bits per heavy atom. The van der Waals surface area contributed by atoms with Crippen LogP contribution in [0.3, 0.4) is 0 Å². The van der Waals surface area contributed by atoms with E-state index in [4.69, 9.17) is 0 Å². The lowest BCUT2D eigenvalue weighted by Gasteiger charge is -2.05. The highest BCUT2D eigenvalue weighted by atomic mass is 79.9. The van der Waals surface area contributed by atoms with Crippen LogP contribution in [0.15, 0.2) is 40.9 Å². The summed E-state index contributed by atoms with van der Waals surface area (Å²) in [4.78, 5) is 12.0. The number of hydrogen-bond acceptors (Lipinski definition) is 4. The molecule has 0 aliphatic carbocycles. The average molecular weight is 332 g/mol. The third kappa shape index (κ3) is 2.67. The van der Waals surface area contributed by atoms with Gasteiger partial charge < -0.3 is 5.32 Å². The van der Waals surface area contributed by atoms with Crippen LogP contribution in [-0.2, 0) is 6.54 Å². The highest BCUT2D eigenvalue weighted by molar-refractivity contribution is 9.10. The second kappa shape index (κ2) is 5.38. The first-order valence-corrected chi connectivity index (χ1v) is 6.71. The predicted molar refractivity (Wildman–Crippen MR) is 77.0 cm³/mol. The Morgan fingerprint density at radius 2 is 2.00 bits per heavy atom. The molecule has 0 atom stereocenters. The van der Waals surface area contributed by atoms with Gasteiger partial charge in [-0.25, -0.2) is 0 Å². The number of tetrazole rings is 1. The molecule has 6 nitrogen and oxygen atoms in total. The number of nitrogens with one attached hydrogen (secondary N) is 2. The SMILES string of the molecule is O=C(NCc1nn[nH]n1)c1ccc2cc(Br)ccc2c1. The van der Waals surface area contributed by atoms with Crippen LogP contribution in [0.1, 0.15) is 16.2 Å². The van der Waals surface area contributed by atoms with Gasteiger partial charge >= 0.3 is 0 Å². The number of amides is 1. The molecule has 0 aliphatic rings. The summed E-state index contributed by atoms with van der Waals surface area (Å²) in [6.07, 6.45) is 0. The molecule has 0 aliphatic heterocycles. The van der Waals surface area contributed by atoms with E-state index in [9.17, 15) is 4.79 Å². The highest BCUT2D eigenvalue weighted by Crippen LogP contribution is 2.20. The van der Waals surface area contributed by atoms with Crippen molar-refractivity contribution in [2.45, 2.75) is 6.54 Å². The fourth-order valence-electron chi connectivity index (χ4n) is 1.88. The summed E-state index contributed by atoms with van der Waals surface area (Å²) >= 11 is 3.42. The minimum atomic E-state index is -0.167. The number of nitrogens with zero attached hydrogens (tertiary/aromatic N) is 3. The second-order valence-electron chi connectivity index (χ2n) is 4.22. The smallest absolute Gasteiger partial charge is 0.251 e. The number of halogens is 1. The number of carbonyl (C=O) groups is 1. The summed E-state index contributed by atoms with van der Waals surface area (Å²) in [5, 5.41) is 18.2. The molecule has 3 rings (SSSR count). The van der Waals surface area contributed by atoms with E-state index in [0.29, 0.717) is 11.4 Å². The maximum absolute atomic E-state index is 12.0. The van der Waals surface area contributed by atoms with Crippen molar-refractivity contribution in [1.82, 2.24) is 25.9 Å². The van der Waals surface area contributed by atoms with Crippen molar-refractivity contribution < 1.29 is 4.79 Å². The van der Waals surface area contributed by atoms with Crippen molar-refractivity contribution in [3.63, 3.8) is 0 Å². The Labute approximate surface area is 122 Å². The van der Waals surface area contributed by atoms with Gasteiger partial charge in [-0.05, 0) is 35.0 Å². The molecule has 100 valence electrons. The summed E-state index contributed by atoms with van der Waals surface area (Å²) in [6.45, 7) is 0.244. The molecule has 0 saturated carbocycles. The van der Waals surface area contributed by atoms with E-state index < -0.39 is 0 Å². The normalized spacial score (nSPS) is 10.7. The molecule has 7 heteroatoms. The molecule has 0 bridgehead atoms. The summed E-state index contributed by atoms with van der Waals surface area (Å²) < 4.78 is 1.01. The van der Waals surface area contributed by atoms with Gasteiger partial charge in [-0.3, -0.25) is 4.79 Å². The molecule has 2 aromatic carbocycles. The number of aromatic amines is 1. The van der Waals surface area contributed by atoms with Crippen molar-refractivity contribution >= 4 is 32.6 Å². The van der Waals surface area contributed by atoms with Crippen LogP contribution in [0.5, 0.6) is 0 Å². The van der Waals surface area contributed by atoms with Gasteiger partial charge in [0.05, 0.1) is 6.54 Å². The maximum Gasteiger partial charge on any atom is 0.251 e. The van der Waals surface area contributed by atoms with Crippen molar-refractivity contribution in [3.8, 4) is 0 Å². The molecule has 0 unspecified atom stereocenters. The molecule has 1 amide bonds. The first-order valence-electron chi connectivity index (χ1n) is 5.92. The molecule has 0 radical (unpaired) electrons. The standard InChI is InChI=1S/C13H10BrN5O/c14-11-4-3-8-5-10(2-1-9(8)6-11)13(20)15-7-12-16-18-19-17-12/h1-6H,7H2,(H,15,20)(H,16,17,18,19). The molecular formula is C13H10BrN5O. The summed E-state index contributed by atoms with van der Waals surface area (Å²) in [6, 6.07) is 11.5. The van der Waals surface area contributed by atoms with Gasteiger partial charge in [0.1, 0.15) is 0 Å². The van der Waals surface area contributed by atoms with Crippen LogP contribution in [0, 0.1) is 0 Å². The first kappa shape index (κ1) is 12.7. The minimum Gasteiger partial charge on any atom is -0.345 e. The van der Waals surface area contributed by atoms with E-state index in [0.717, 1.165) is 15.2 Å². The Bertz CT molecular complexity index is 757. The zero-order valence-corrected chi connectivity index (χ0v) is 11.9. The summed E-state index contributed by atoms with van der Waals surface area (Å²) in [5.41, 5.74) is 0.600. The van der Waals surface area contributed by atoms with Crippen molar-refractivity contribution in [1.29, 1.82) is 0 Å². The molecule has 2 N–H and O–H groups in total.